The van der Waals surface area contributed by atoms with Gasteiger partial charge in [0.1, 0.15) is 23.9 Å². The van der Waals surface area contributed by atoms with Crippen LogP contribution in [0.1, 0.15) is 31.1 Å². The molecule has 146 valence electrons. The highest BCUT2D eigenvalue weighted by Gasteiger charge is 2.11. The highest BCUT2D eigenvalue weighted by atomic mass is 35.5. The van der Waals surface area contributed by atoms with Crippen LogP contribution in [-0.2, 0) is 11.4 Å². The van der Waals surface area contributed by atoms with Crippen LogP contribution >= 0.6 is 11.6 Å². The van der Waals surface area contributed by atoms with Gasteiger partial charge in [-0.15, -0.1) is 0 Å². The Hall–Kier alpha value is -2.76. The lowest BCUT2D eigenvalue weighted by Crippen LogP contribution is -2.20. The summed E-state index contributed by atoms with van der Waals surface area (Å²) in [4.78, 5) is 12.1. The van der Waals surface area contributed by atoms with Crippen molar-refractivity contribution >= 4 is 23.2 Å². The molecule has 0 spiro atoms. The summed E-state index contributed by atoms with van der Waals surface area (Å²) >= 11 is 6.31. The molecule has 0 aliphatic heterocycles. The molecule has 1 amide bonds. The van der Waals surface area contributed by atoms with Gasteiger partial charge in [-0.3, -0.25) is 4.79 Å². The van der Waals surface area contributed by atoms with Crippen LogP contribution in [-0.4, -0.2) is 17.6 Å². The van der Waals surface area contributed by atoms with E-state index in [9.17, 15) is 4.79 Å². The van der Waals surface area contributed by atoms with Crippen LogP contribution in [0.3, 0.4) is 0 Å². The normalized spacial score (nSPS) is 10.9. The summed E-state index contributed by atoms with van der Waals surface area (Å²) in [5.74, 6) is 1.83. The molecule has 0 saturated carbocycles. The van der Waals surface area contributed by atoms with Crippen LogP contribution in [0, 0.1) is 0 Å². The van der Waals surface area contributed by atoms with Crippen molar-refractivity contribution in [3.63, 3.8) is 0 Å². The van der Waals surface area contributed by atoms with E-state index < -0.39 is 0 Å². The summed E-state index contributed by atoms with van der Waals surface area (Å²) in [5.41, 5.74) is 2.46. The third-order valence-electron chi connectivity index (χ3n) is 4.25. The van der Waals surface area contributed by atoms with Gasteiger partial charge in [0.2, 0.25) is 0 Å². The molecule has 6 heteroatoms. The highest BCUT2D eigenvalue weighted by molar-refractivity contribution is 6.33. The van der Waals surface area contributed by atoms with Gasteiger partial charge in [-0.1, -0.05) is 37.6 Å². The minimum atomic E-state index is -0.280. The first kappa shape index (κ1) is 20.0. The van der Waals surface area contributed by atoms with Crippen LogP contribution in [0.5, 0.6) is 5.75 Å². The molecular formula is C22H22ClNO4. The van der Waals surface area contributed by atoms with Crippen molar-refractivity contribution in [1.82, 2.24) is 0 Å². The summed E-state index contributed by atoms with van der Waals surface area (Å²) in [6, 6.07) is 16.3. The molecule has 0 saturated heterocycles. The van der Waals surface area contributed by atoms with E-state index in [0.29, 0.717) is 39.5 Å². The number of amides is 1. The Bertz CT molecular complexity index is 947. The maximum absolute atomic E-state index is 12.1. The smallest absolute Gasteiger partial charge is 0.262 e. The maximum atomic E-state index is 12.1. The summed E-state index contributed by atoms with van der Waals surface area (Å²) in [5, 5.41) is 12.3. The predicted octanol–water partition coefficient (Wildman–Crippen LogP) is 5.23. The van der Waals surface area contributed by atoms with Crippen LogP contribution < -0.4 is 10.1 Å². The lowest BCUT2D eigenvalue weighted by Gasteiger charge is -2.10. The molecule has 0 bridgehead atoms. The summed E-state index contributed by atoms with van der Waals surface area (Å²) in [6.45, 7) is 3.97. The lowest BCUT2D eigenvalue weighted by atomic mass is 10.0. The van der Waals surface area contributed by atoms with E-state index >= 15 is 0 Å². The molecule has 2 aromatic carbocycles. The van der Waals surface area contributed by atoms with Crippen LogP contribution in [0.15, 0.2) is 59.0 Å². The van der Waals surface area contributed by atoms with Crippen molar-refractivity contribution in [3.05, 3.63) is 70.9 Å². The number of carbonyl (C=O) groups excluding carboxylic acids is 1. The van der Waals surface area contributed by atoms with Gasteiger partial charge in [0.05, 0.1) is 5.02 Å². The van der Waals surface area contributed by atoms with Crippen molar-refractivity contribution in [2.45, 2.75) is 26.4 Å². The molecule has 0 atom stereocenters. The minimum absolute atomic E-state index is 0.0988. The number of ether oxygens (including phenoxy) is 1. The number of benzene rings is 2. The minimum Gasteiger partial charge on any atom is -0.484 e. The number of rotatable bonds is 7. The predicted molar refractivity (Wildman–Crippen MR) is 110 cm³/mol. The molecule has 3 rings (SSSR count). The molecule has 3 aromatic rings. The average molecular weight is 400 g/mol. The first-order chi connectivity index (χ1) is 13.5. The standard InChI is InChI=1S/C22H22ClNO4/c1-14(2)15-3-6-17(7-4-15)27-13-22(26)24-16-5-9-19(20(23)11-16)21-10-8-18(12-25)28-21/h3-11,14,25H,12-13H2,1-2H3,(H,24,26). The van der Waals surface area contributed by atoms with Gasteiger partial charge in [0.15, 0.2) is 6.61 Å². The number of nitrogens with one attached hydrogen (secondary N) is 1. The molecule has 1 heterocycles. The van der Waals surface area contributed by atoms with Gasteiger partial charge in [-0.05, 0) is 53.9 Å². The Kier molecular flexibility index (Phi) is 6.39. The summed E-state index contributed by atoms with van der Waals surface area (Å²) < 4.78 is 11.0. The van der Waals surface area contributed by atoms with E-state index in [2.05, 4.69) is 19.2 Å². The molecular weight excluding hydrogens is 378 g/mol. The molecule has 0 radical (unpaired) electrons. The Morgan fingerprint density at radius 2 is 1.89 bits per heavy atom. The van der Waals surface area contributed by atoms with Crippen molar-refractivity contribution in [2.75, 3.05) is 11.9 Å². The fraction of sp³-hybridized carbons (Fsp3) is 0.227. The second-order valence-electron chi connectivity index (χ2n) is 6.68. The van der Waals surface area contributed by atoms with E-state index in [0.717, 1.165) is 0 Å². The number of anilines is 1. The number of halogens is 1. The molecule has 0 fully saturated rings. The SMILES string of the molecule is CC(C)c1ccc(OCC(=O)Nc2ccc(-c3ccc(CO)o3)c(Cl)c2)cc1. The average Bonchev–Trinajstić information content (AvgIpc) is 3.16. The van der Waals surface area contributed by atoms with Gasteiger partial charge >= 0.3 is 0 Å². The first-order valence-electron chi connectivity index (χ1n) is 8.98. The van der Waals surface area contributed by atoms with Crippen LogP contribution in [0.4, 0.5) is 5.69 Å². The highest BCUT2D eigenvalue weighted by Crippen LogP contribution is 2.31. The quantitative estimate of drug-likeness (QED) is 0.570. The van der Waals surface area contributed by atoms with E-state index in [1.54, 1.807) is 30.3 Å². The second kappa shape index (κ2) is 8.95. The summed E-state index contributed by atoms with van der Waals surface area (Å²) in [6.07, 6.45) is 0. The number of furan rings is 1. The second-order valence-corrected chi connectivity index (χ2v) is 7.09. The molecule has 0 aliphatic rings. The Balaban J connectivity index is 1.58. The Labute approximate surface area is 168 Å². The van der Waals surface area contributed by atoms with Crippen molar-refractivity contribution in [3.8, 4) is 17.1 Å². The number of hydrogen-bond acceptors (Lipinski definition) is 4. The third kappa shape index (κ3) is 4.94. The molecule has 1 aromatic heterocycles. The van der Waals surface area contributed by atoms with E-state index in [1.165, 1.54) is 5.56 Å². The molecule has 28 heavy (non-hydrogen) atoms. The fourth-order valence-electron chi connectivity index (χ4n) is 2.70. The van der Waals surface area contributed by atoms with E-state index in [1.807, 2.05) is 24.3 Å². The molecule has 0 aliphatic carbocycles. The maximum Gasteiger partial charge on any atom is 0.262 e. The lowest BCUT2D eigenvalue weighted by molar-refractivity contribution is -0.118. The fourth-order valence-corrected chi connectivity index (χ4v) is 2.97. The Morgan fingerprint density at radius 3 is 2.50 bits per heavy atom. The van der Waals surface area contributed by atoms with Gasteiger partial charge in [-0.25, -0.2) is 0 Å². The van der Waals surface area contributed by atoms with Gasteiger partial charge in [-0.2, -0.15) is 0 Å². The zero-order valence-corrected chi connectivity index (χ0v) is 16.5. The number of hydrogen-bond donors (Lipinski definition) is 2. The van der Waals surface area contributed by atoms with Crippen molar-refractivity contribution in [1.29, 1.82) is 0 Å². The first-order valence-corrected chi connectivity index (χ1v) is 9.36. The van der Waals surface area contributed by atoms with Crippen LogP contribution in [0.25, 0.3) is 11.3 Å². The van der Waals surface area contributed by atoms with E-state index in [-0.39, 0.29) is 19.1 Å². The van der Waals surface area contributed by atoms with Crippen molar-refractivity contribution in [2.24, 2.45) is 0 Å². The number of aliphatic hydroxyl groups is 1. The topological polar surface area (TPSA) is 71.7 Å². The Morgan fingerprint density at radius 1 is 1.14 bits per heavy atom. The largest absolute Gasteiger partial charge is 0.484 e. The van der Waals surface area contributed by atoms with Gasteiger partial charge < -0.3 is 19.6 Å². The summed E-state index contributed by atoms with van der Waals surface area (Å²) in [7, 11) is 0. The number of carbonyl (C=O) groups is 1. The van der Waals surface area contributed by atoms with Crippen molar-refractivity contribution < 1.29 is 19.1 Å². The van der Waals surface area contributed by atoms with Crippen LogP contribution in [0.2, 0.25) is 5.02 Å². The number of aliphatic hydroxyl groups excluding tert-OH is 1. The van der Waals surface area contributed by atoms with E-state index in [4.69, 9.17) is 25.9 Å². The molecule has 2 N–H and O–H groups in total. The van der Waals surface area contributed by atoms with Gasteiger partial charge in [0.25, 0.3) is 5.91 Å². The third-order valence-corrected chi connectivity index (χ3v) is 4.57. The molecule has 5 nitrogen and oxygen atoms in total. The zero-order valence-electron chi connectivity index (χ0n) is 15.7. The monoisotopic (exact) mass is 399 g/mol. The molecule has 0 unspecified atom stereocenters. The zero-order chi connectivity index (χ0) is 20.1. The van der Waals surface area contributed by atoms with Gasteiger partial charge in [0, 0.05) is 11.3 Å².